The maximum absolute atomic E-state index is 13.5. The molecular formula is C25H29Cl2NO3. The number of benzene rings is 1. The standard InChI is InChI=1S/C25H29Cl2NO3/c1-24(2)9-16-21(18(29)11-24)20(14-7-13(26)8-15(27)23(14)31-6)22-17(28(16)5)10-25(3,4)12-19(22)30/h7-8,20H,9-12H2,1-6H3. The summed E-state index contributed by atoms with van der Waals surface area (Å²) in [7, 11) is 3.54. The molecule has 0 spiro atoms. The van der Waals surface area contributed by atoms with Crippen molar-refractivity contribution in [2.45, 2.75) is 59.3 Å². The summed E-state index contributed by atoms with van der Waals surface area (Å²) in [4.78, 5) is 29.2. The van der Waals surface area contributed by atoms with E-state index in [-0.39, 0.29) is 22.4 Å². The van der Waals surface area contributed by atoms with E-state index in [4.69, 9.17) is 27.9 Å². The molecule has 1 aromatic rings. The second kappa shape index (κ2) is 7.38. The van der Waals surface area contributed by atoms with E-state index in [9.17, 15) is 9.59 Å². The molecule has 0 N–H and O–H groups in total. The van der Waals surface area contributed by atoms with Crippen LogP contribution in [-0.2, 0) is 9.59 Å². The molecule has 0 fully saturated rings. The second-order valence-corrected chi connectivity index (χ2v) is 11.4. The molecule has 1 heterocycles. The first kappa shape index (κ1) is 22.4. The number of hydrogen-bond donors (Lipinski definition) is 0. The number of nitrogens with zero attached hydrogens (tertiary/aromatic N) is 1. The minimum Gasteiger partial charge on any atom is -0.495 e. The minimum atomic E-state index is -0.514. The molecule has 0 atom stereocenters. The molecule has 166 valence electrons. The number of methoxy groups -OCH3 is 1. The first-order chi connectivity index (χ1) is 14.3. The van der Waals surface area contributed by atoms with Crippen LogP contribution in [-0.4, -0.2) is 30.6 Å². The van der Waals surface area contributed by atoms with E-state index in [0.717, 1.165) is 24.2 Å². The lowest BCUT2D eigenvalue weighted by Crippen LogP contribution is -2.43. The van der Waals surface area contributed by atoms with Gasteiger partial charge in [-0.05, 0) is 35.8 Å². The summed E-state index contributed by atoms with van der Waals surface area (Å²) >= 11 is 12.9. The van der Waals surface area contributed by atoms with E-state index in [2.05, 4.69) is 32.6 Å². The Labute approximate surface area is 194 Å². The van der Waals surface area contributed by atoms with E-state index in [1.165, 1.54) is 0 Å². The fourth-order valence-electron chi connectivity index (χ4n) is 5.49. The molecule has 0 aromatic heterocycles. The Morgan fingerprint density at radius 3 is 1.84 bits per heavy atom. The summed E-state index contributed by atoms with van der Waals surface area (Å²) in [6.07, 6.45) is 2.41. The number of allylic oxidation sites excluding steroid dienone is 4. The highest BCUT2D eigenvalue weighted by molar-refractivity contribution is 6.35. The van der Waals surface area contributed by atoms with Crippen molar-refractivity contribution in [3.63, 3.8) is 0 Å². The molecule has 1 aromatic carbocycles. The zero-order valence-corrected chi connectivity index (χ0v) is 20.5. The smallest absolute Gasteiger partial charge is 0.162 e. The highest BCUT2D eigenvalue weighted by Crippen LogP contribution is 2.55. The van der Waals surface area contributed by atoms with Crippen LogP contribution in [0.25, 0.3) is 0 Å². The van der Waals surface area contributed by atoms with Crippen LogP contribution < -0.4 is 4.74 Å². The second-order valence-electron chi connectivity index (χ2n) is 10.6. The first-order valence-corrected chi connectivity index (χ1v) is 11.4. The van der Waals surface area contributed by atoms with Gasteiger partial charge in [0.05, 0.1) is 12.1 Å². The molecule has 0 saturated heterocycles. The van der Waals surface area contributed by atoms with E-state index in [0.29, 0.717) is 45.3 Å². The molecule has 0 saturated carbocycles. The third-order valence-electron chi connectivity index (χ3n) is 6.73. The SMILES string of the molecule is COc1c(Cl)cc(Cl)cc1C1C2=C(CC(C)(C)CC2=O)N(C)C2=C1C(=O)CC(C)(C)C2. The number of ether oxygens (including phenoxy) is 1. The highest BCUT2D eigenvalue weighted by Gasteiger charge is 2.48. The van der Waals surface area contributed by atoms with Crippen molar-refractivity contribution in [2.24, 2.45) is 10.8 Å². The predicted octanol–water partition coefficient (Wildman–Crippen LogP) is 6.32. The average Bonchev–Trinajstić information content (AvgIpc) is 2.61. The molecule has 0 unspecified atom stereocenters. The molecular weight excluding hydrogens is 433 g/mol. The predicted molar refractivity (Wildman–Crippen MR) is 124 cm³/mol. The van der Waals surface area contributed by atoms with Gasteiger partial charge in [0.2, 0.25) is 0 Å². The number of halogens is 2. The lowest BCUT2D eigenvalue weighted by atomic mass is 9.63. The van der Waals surface area contributed by atoms with Crippen molar-refractivity contribution in [1.29, 1.82) is 0 Å². The molecule has 31 heavy (non-hydrogen) atoms. The maximum Gasteiger partial charge on any atom is 0.162 e. The van der Waals surface area contributed by atoms with Crippen LogP contribution in [0.5, 0.6) is 5.75 Å². The number of carbonyl (C=O) groups excluding carboxylic acids is 2. The molecule has 3 aliphatic rings. The zero-order chi connectivity index (χ0) is 22.9. The molecule has 1 aliphatic heterocycles. The molecule has 6 heteroatoms. The minimum absolute atomic E-state index is 0.0745. The Kier molecular flexibility index (Phi) is 5.34. The van der Waals surface area contributed by atoms with Crippen LogP contribution in [0.15, 0.2) is 34.7 Å². The Hall–Kier alpha value is -1.78. The van der Waals surface area contributed by atoms with Gasteiger partial charge in [-0.2, -0.15) is 0 Å². The first-order valence-electron chi connectivity index (χ1n) is 10.6. The van der Waals surface area contributed by atoms with Gasteiger partial charge in [-0.15, -0.1) is 0 Å². The van der Waals surface area contributed by atoms with Crippen molar-refractivity contribution >= 4 is 34.8 Å². The van der Waals surface area contributed by atoms with Gasteiger partial charge in [-0.1, -0.05) is 50.9 Å². The third kappa shape index (κ3) is 3.72. The molecule has 4 rings (SSSR count). The fourth-order valence-corrected chi connectivity index (χ4v) is 6.07. The van der Waals surface area contributed by atoms with Gasteiger partial charge >= 0.3 is 0 Å². The Balaban J connectivity index is 2.05. The number of rotatable bonds is 2. The quantitative estimate of drug-likeness (QED) is 0.516. The Morgan fingerprint density at radius 1 is 0.903 bits per heavy atom. The Morgan fingerprint density at radius 2 is 1.39 bits per heavy atom. The van der Waals surface area contributed by atoms with Crippen LogP contribution in [0.2, 0.25) is 10.0 Å². The van der Waals surface area contributed by atoms with Crippen LogP contribution in [0, 0.1) is 10.8 Å². The lowest BCUT2D eigenvalue weighted by Gasteiger charge is -2.48. The van der Waals surface area contributed by atoms with Crippen molar-refractivity contribution in [1.82, 2.24) is 4.90 Å². The van der Waals surface area contributed by atoms with Crippen molar-refractivity contribution in [3.05, 3.63) is 50.3 Å². The number of hydrogen-bond acceptors (Lipinski definition) is 4. The summed E-state index contributed by atoms with van der Waals surface area (Å²) in [5, 5.41) is 0.830. The van der Waals surface area contributed by atoms with Gasteiger partial charge in [0.1, 0.15) is 5.75 Å². The zero-order valence-electron chi connectivity index (χ0n) is 19.0. The summed E-state index contributed by atoms with van der Waals surface area (Å²) in [5.74, 6) is 0.102. The lowest BCUT2D eigenvalue weighted by molar-refractivity contribution is -0.119. The van der Waals surface area contributed by atoms with Gasteiger partial charge in [0.25, 0.3) is 0 Å². The number of Topliss-reactive ketones (excluding diaryl/α,β-unsaturated/α-hetero) is 2. The van der Waals surface area contributed by atoms with E-state index >= 15 is 0 Å². The van der Waals surface area contributed by atoms with E-state index < -0.39 is 5.92 Å². The third-order valence-corrected chi connectivity index (χ3v) is 7.23. The van der Waals surface area contributed by atoms with Gasteiger partial charge in [-0.3, -0.25) is 9.59 Å². The van der Waals surface area contributed by atoms with Gasteiger partial charge in [0, 0.05) is 58.9 Å². The van der Waals surface area contributed by atoms with E-state index in [1.54, 1.807) is 19.2 Å². The molecule has 0 bridgehead atoms. The summed E-state index contributed by atoms with van der Waals surface area (Å²) < 4.78 is 5.65. The van der Waals surface area contributed by atoms with Crippen molar-refractivity contribution in [2.75, 3.05) is 14.2 Å². The van der Waals surface area contributed by atoms with Crippen LogP contribution in [0.1, 0.15) is 64.9 Å². The monoisotopic (exact) mass is 461 g/mol. The van der Waals surface area contributed by atoms with Crippen molar-refractivity contribution in [3.8, 4) is 5.75 Å². The Bertz CT molecular complexity index is 1010. The topological polar surface area (TPSA) is 46.6 Å². The molecule has 2 aliphatic carbocycles. The maximum atomic E-state index is 13.5. The summed E-state index contributed by atoms with van der Waals surface area (Å²) in [5.41, 5.74) is 3.76. The summed E-state index contributed by atoms with van der Waals surface area (Å²) in [6, 6.07) is 3.42. The highest BCUT2D eigenvalue weighted by atomic mass is 35.5. The molecule has 0 amide bonds. The van der Waals surface area contributed by atoms with Gasteiger partial charge in [-0.25, -0.2) is 0 Å². The largest absolute Gasteiger partial charge is 0.495 e. The number of ketones is 2. The average molecular weight is 462 g/mol. The van der Waals surface area contributed by atoms with Crippen molar-refractivity contribution < 1.29 is 14.3 Å². The van der Waals surface area contributed by atoms with Gasteiger partial charge in [0.15, 0.2) is 11.6 Å². The van der Waals surface area contributed by atoms with Crippen LogP contribution >= 0.6 is 23.2 Å². The van der Waals surface area contributed by atoms with Crippen LogP contribution in [0.4, 0.5) is 0 Å². The molecule has 0 radical (unpaired) electrons. The normalized spacial score (nSPS) is 23.2. The fraction of sp³-hybridized carbons (Fsp3) is 0.520. The summed E-state index contributed by atoms with van der Waals surface area (Å²) in [6.45, 7) is 8.48. The molecule has 4 nitrogen and oxygen atoms in total. The van der Waals surface area contributed by atoms with E-state index in [1.807, 2.05) is 7.05 Å². The number of carbonyl (C=O) groups is 2. The van der Waals surface area contributed by atoms with Gasteiger partial charge < -0.3 is 9.64 Å². The van der Waals surface area contributed by atoms with Crippen LogP contribution in [0.3, 0.4) is 0 Å².